The Hall–Kier alpha value is -0.910. The summed E-state index contributed by atoms with van der Waals surface area (Å²) < 4.78 is 0. The van der Waals surface area contributed by atoms with Crippen LogP contribution in [0.5, 0.6) is 0 Å². The normalized spacial score (nSPS) is 32.0. The maximum Gasteiger partial charge on any atom is 0.315 e. The fourth-order valence-corrected chi connectivity index (χ4v) is 3.81. The highest BCUT2D eigenvalue weighted by molar-refractivity contribution is 8.00. The second-order valence-electron chi connectivity index (χ2n) is 4.26. The van der Waals surface area contributed by atoms with E-state index in [1.165, 1.54) is 0 Å². The van der Waals surface area contributed by atoms with Gasteiger partial charge in [0.1, 0.15) is 0 Å². The van der Waals surface area contributed by atoms with E-state index >= 15 is 0 Å². The van der Waals surface area contributed by atoms with Crippen LogP contribution in [0.25, 0.3) is 0 Å². The summed E-state index contributed by atoms with van der Waals surface area (Å²) in [6.07, 6.45) is 2.88. The van der Waals surface area contributed by atoms with Gasteiger partial charge >= 0.3 is 12.0 Å². The Morgan fingerprint density at radius 2 is 2.25 bits per heavy atom. The van der Waals surface area contributed by atoms with Gasteiger partial charge in [0.05, 0.1) is 12.1 Å². The number of rotatable bonds is 5. The average molecular weight is 244 g/mol. The van der Waals surface area contributed by atoms with Gasteiger partial charge in [-0.15, -0.1) is 0 Å². The Morgan fingerprint density at radius 3 is 3.00 bits per heavy atom. The van der Waals surface area contributed by atoms with Crippen LogP contribution in [-0.2, 0) is 4.79 Å². The summed E-state index contributed by atoms with van der Waals surface area (Å²) in [4.78, 5) is 21.5. The third-order valence-electron chi connectivity index (χ3n) is 3.07. The molecule has 2 amide bonds. The van der Waals surface area contributed by atoms with Gasteiger partial charge in [-0.2, -0.15) is 11.8 Å². The predicted molar refractivity (Wildman–Crippen MR) is 61.6 cm³/mol. The summed E-state index contributed by atoms with van der Waals surface area (Å²) in [6.45, 7) is 0. The van der Waals surface area contributed by atoms with Crippen LogP contribution >= 0.6 is 11.8 Å². The van der Waals surface area contributed by atoms with Crippen molar-refractivity contribution in [1.82, 2.24) is 10.6 Å². The fraction of sp³-hybridized carbons (Fsp3) is 0.800. The Kier molecular flexibility index (Phi) is 3.58. The fourth-order valence-electron chi connectivity index (χ4n) is 2.26. The summed E-state index contributed by atoms with van der Waals surface area (Å²) in [6, 6.07) is 0.440. The van der Waals surface area contributed by atoms with Crippen LogP contribution in [0.4, 0.5) is 4.79 Å². The van der Waals surface area contributed by atoms with Gasteiger partial charge in [0, 0.05) is 17.4 Å². The van der Waals surface area contributed by atoms with Crippen molar-refractivity contribution >= 4 is 23.8 Å². The molecule has 2 aliphatic rings. The topological polar surface area (TPSA) is 78.4 Å². The molecular formula is C10H16N2O3S. The first-order chi connectivity index (χ1) is 7.66. The lowest BCUT2D eigenvalue weighted by Gasteiger charge is -2.16. The van der Waals surface area contributed by atoms with Gasteiger partial charge in [-0.1, -0.05) is 6.42 Å². The van der Waals surface area contributed by atoms with Gasteiger partial charge in [-0.3, -0.25) is 4.79 Å². The van der Waals surface area contributed by atoms with Crippen LogP contribution in [0.3, 0.4) is 0 Å². The van der Waals surface area contributed by atoms with E-state index in [2.05, 4.69) is 10.6 Å². The van der Waals surface area contributed by atoms with Crippen molar-refractivity contribution in [2.24, 2.45) is 0 Å². The second kappa shape index (κ2) is 4.95. The maximum absolute atomic E-state index is 11.1. The van der Waals surface area contributed by atoms with E-state index in [0.29, 0.717) is 5.25 Å². The van der Waals surface area contributed by atoms with Crippen molar-refractivity contribution in [3.05, 3.63) is 0 Å². The van der Waals surface area contributed by atoms with Crippen LogP contribution in [0.2, 0.25) is 0 Å². The molecule has 0 radical (unpaired) electrons. The molecule has 2 heterocycles. The van der Waals surface area contributed by atoms with E-state index < -0.39 is 5.97 Å². The highest BCUT2D eigenvalue weighted by Gasteiger charge is 2.42. The number of carboxylic acid groups (broad SMARTS) is 1. The van der Waals surface area contributed by atoms with Gasteiger partial charge in [-0.05, 0) is 12.8 Å². The van der Waals surface area contributed by atoms with Gasteiger partial charge in [0.15, 0.2) is 0 Å². The first-order valence-corrected chi connectivity index (χ1v) is 6.62. The summed E-state index contributed by atoms with van der Waals surface area (Å²) in [5.41, 5.74) is 0. The molecule has 0 spiro atoms. The number of nitrogens with one attached hydrogen (secondary N) is 2. The summed E-state index contributed by atoms with van der Waals surface area (Å²) >= 11 is 1.87. The third kappa shape index (κ3) is 2.61. The number of hydrogen-bond acceptors (Lipinski definition) is 3. The molecule has 0 unspecified atom stereocenters. The van der Waals surface area contributed by atoms with Crippen molar-refractivity contribution < 1.29 is 14.7 Å². The van der Waals surface area contributed by atoms with Gasteiger partial charge < -0.3 is 15.7 Å². The van der Waals surface area contributed by atoms with Crippen molar-refractivity contribution in [2.45, 2.75) is 43.0 Å². The van der Waals surface area contributed by atoms with Crippen LogP contribution in [0, 0.1) is 0 Å². The lowest BCUT2D eigenvalue weighted by atomic mass is 10.0. The number of urea groups is 1. The second-order valence-corrected chi connectivity index (χ2v) is 5.53. The largest absolute Gasteiger partial charge is 0.481 e. The molecule has 0 aliphatic carbocycles. The van der Waals surface area contributed by atoms with E-state index in [4.69, 9.17) is 5.11 Å². The Labute approximate surface area is 98.4 Å². The van der Waals surface area contributed by atoms with Gasteiger partial charge in [0.25, 0.3) is 0 Å². The highest BCUT2D eigenvalue weighted by atomic mass is 32.2. The number of unbranched alkanes of at least 4 members (excludes halogenated alkanes) is 1. The van der Waals surface area contributed by atoms with Crippen LogP contribution in [-0.4, -0.2) is 40.2 Å². The summed E-state index contributed by atoms with van der Waals surface area (Å²) in [5.74, 6) is 0.236. The van der Waals surface area contributed by atoms with E-state index in [1.54, 1.807) is 0 Å². The zero-order valence-electron chi connectivity index (χ0n) is 8.94. The molecule has 16 heavy (non-hydrogen) atoms. The third-order valence-corrected chi connectivity index (χ3v) is 4.58. The Balaban J connectivity index is 1.70. The summed E-state index contributed by atoms with van der Waals surface area (Å²) in [7, 11) is 0. The van der Waals surface area contributed by atoms with Crippen molar-refractivity contribution in [1.29, 1.82) is 0 Å². The average Bonchev–Trinajstić information content (AvgIpc) is 2.72. The molecule has 3 N–H and O–H groups in total. The molecular weight excluding hydrogens is 228 g/mol. The number of carbonyl (C=O) groups is 2. The first-order valence-electron chi connectivity index (χ1n) is 5.57. The van der Waals surface area contributed by atoms with E-state index in [9.17, 15) is 9.59 Å². The van der Waals surface area contributed by atoms with E-state index in [-0.39, 0.29) is 24.5 Å². The van der Waals surface area contributed by atoms with Crippen molar-refractivity contribution in [3.8, 4) is 0 Å². The molecule has 2 fully saturated rings. The number of amides is 2. The number of aliphatic carboxylic acids is 1. The number of thioether (sulfide) groups is 1. The van der Waals surface area contributed by atoms with Gasteiger partial charge in [0.2, 0.25) is 0 Å². The Bertz CT molecular complexity index is 298. The van der Waals surface area contributed by atoms with Crippen LogP contribution in [0.15, 0.2) is 0 Å². The van der Waals surface area contributed by atoms with E-state index in [0.717, 1.165) is 25.0 Å². The lowest BCUT2D eigenvalue weighted by molar-refractivity contribution is -0.137. The standard InChI is InChI=1S/C10H16N2O3S/c13-8(14)4-2-1-3-7-9-6(5-16-7)11-10(15)12-9/h6-7,9H,1-5H2,(H,13,14)(H2,11,12,15)/t6-,7+,9+/m1/s1. The van der Waals surface area contributed by atoms with E-state index in [1.807, 2.05) is 11.8 Å². The lowest BCUT2D eigenvalue weighted by Crippen LogP contribution is -2.36. The molecule has 2 aliphatic heterocycles. The molecule has 2 saturated heterocycles. The predicted octanol–water partition coefficient (Wildman–Crippen LogP) is 0.797. The Morgan fingerprint density at radius 1 is 1.44 bits per heavy atom. The maximum atomic E-state index is 11.1. The first kappa shape index (κ1) is 11.6. The zero-order valence-corrected chi connectivity index (χ0v) is 9.76. The highest BCUT2D eigenvalue weighted by Crippen LogP contribution is 2.33. The van der Waals surface area contributed by atoms with Crippen LogP contribution in [0.1, 0.15) is 25.7 Å². The van der Waals surface area contributed by atoms with Gasteiger partial charge in [-0.25, -0.2) is 4.79 Å². The zero-order chi connectivity index (χ0) is 11.5. The molecule has 90 valence electrons. The monoisotopic (exact) mass is 244 g/mol. The van der Waals surface area contributed by atoms with Crippen molar-refractivity contribution in [2.75, 3.05) is 5.75 Å². The van der Waals surface area contributed by atoms with Crippen molar-refractivity contribution in [3.63, 3.8) is 0 Å². The smallest absolute Gasteiger partial charge is 0.315 e. The SMILES string of the molecule is O=C(O)CCCC[C@@H]1SC[C@H]2NC(=O)N[C@H]12. The molecule has 6 heteroatoms. The minimum atomic E-state index is -0.729. The van der Waals surface area contributed by atoms with Crippen LogP contribution < -0.4 is 10.6 Å². The molecule has 3 atom stereocenters. The minimum Gasteiger partial charge on any atom is -0.481 e. The molecule has 2 rings (SSSR count). The molecule has 0 saturated carbocycles. The molecule has 0 aromatic carbocycles. The molecule has 0 bridgehead atoms. The number of carbonyl (C=O) groups excluding carboxylic acids is 1. The molecule has 0 aromatic rings. The molecule has 5 nitrogen and oxygen atoms in total. The number of carboxylic acids is 1. The number of fused-ring (bicyclic) bond motifs is 1. The number of hydrogen-bond donors (Lipinski definition) is 3. The molecule has 0 aromatic heterocycles. The minimum absolute atomic E-state index is 0.0640. The summed E-state index contributed by atoms with van der Waals surface area (Å²) in [5, 5.41) is 14.8. The quantitative estimate of drug-likeness (QED) is 0.493.